The molecule has 0 aliphatic carbocycles. The fourth-order valence-electron chi connectivity index (χ4n) is 3.54. The lowest BCUT2D eigenvalue weighted by Gasteiger charge is -2.32. The van der Waals surface area contributed by atoms with Crippen LogP contribution in [-0.4, -0.2) is 66.1 Å². The molecule has 1 aromatic carbocycles. The summed E-state index contributed by atoms with van der Waals surface area (Å²) in [6.07, 6.45) is 5.57. The van der Waals surface area contributed by atoms with Crippen LogP contribution in [0.25, 0.3) is 0 Å². The van der Waals surface area contributed by atoms with Gasteiger partial charge in [-0.15, -0.1) is 0 Å². The first-order chi connectivity index (χ1) is 13.0. The standard InChI is InChI=1S/C20H27FN4O2/c1-23(2)12-13-24-11-8-22-19(24)15-6-9-25(10-7-15)20(26)17-14-16(21)4-5-18(17)27-3/h4-5,8,11,14-15H,6-7,9-10,12-13H2,1-3H3. The Bertz CT molecular complexity index is 782. The number of rotatable bonds is 6. The van der Waals surface area contributed by atoms with Crippen molar-refractivity contribution in [2.45, 2.75) is 25.3 Å². The molecule has 0 spiro atoms. The number of carbonyl (C=O) groups excluding carboxylic acids is 1. The molecule has 2 heterocycles. The van der Waals surface area contributed by atoms with E-state index in [4.69, 9.17) is 4.74 Å². The number of likely N-dealkylation sites (tertiary alicyclic amines) is 1. The first kappa shape index (κ1) is 19.4. The highest BCUT2D eigenvalue weighted by molar-refractivity contribution is 5.97. The van der Waals surface area contributed by atoms with Crippen LogP contribution in [-0.2, 0) is 6.54 Å². The van der Waals surface area contributed by atoms with Gasteiger partial charge in [-0.2, -0.15) is 0 Å². The first-order valence-electron chi connectivity index (χ1n) is 9.28. The molecule has 146 valence electrons. The van der Waals surface area contributed by atoms with Crippen molar-refractivity contribution in [1.29, 1.82) is 0 Å². The average Bonchev–Trinajstić information content (AvgIpc) is 3.14. The molecule has 0 bridgehead atoms. The quantitative estimate of drug-likeness (QED) is 0.780. The number of halogens is 1. The maximum absolute atomic E-state index is 13.6. The first-order valence-corrected chi connectivity index (χ1v) is 9.28. The average molecular weight is 374 g/mol. The third-order valence-corrected chi connectivity index (χ3v) is 5.08. The largest absolute Gasteiger partial charge is 0.496 e. The minimum atomic E-state index is -0.433. The number of imidazole rings is 1. The highest BCUT2D eigenvalue weighted by atomic mass is 19.1. The predicted octanol–water partition coefficient (Wildman–Crippen LogP) is 2.61. The number of nitrogens with zero attached hydrogens (tertiary/aromatic N) is 4. The zero-order valence-corrected chi connectivity index (χ0v) is 16.2. The van der Waals surface area contributed by atoms with Crippen LogP contribution in [0.5, 0.6) is 5.75 Å². The summed E-state index contributed by atoms with van der Waals surface area (Å²) in [5.74, 6) is 1.22. The van der Waals surface area contributed by atoms with E-state index in [-0.39, 0.29) is 11.5 Å². The number of carbonyl (C=O) groups is 1. The summed E-state index contributed by atoms with van der Waals surface area (Å²) >= 11 is 0. The molecule has 0 unspecified atom stereocenters. The Labute approximate surface area is 159 Å². The molecule has 0 N–H and O–H groups in total. The Hall–Kier alpha value is -2.41. The van der Waals surface area contributed by atoms with Crippen LogP contribution in [0.15, 0.2) is 30.6 Å². The fraction of sp³-hybridized carbons (Fsp3) is 0.500. The second kappa shape index (κ2) is 8.52. The van der Waals surface area contributed by atoms with Crippen molar-refractivity contribution < 1.29 is 13.9 Å². The maximum atomic E-state index is 13.6. The van der Waals surface area contributed by atoms with Crippen LogP contribution in [0.1, 0.15) is 34.9 Å². The van der Waals surface area contributed by atoms with E-state index in [1.54, 1.807) is 4.90 Å². The van der Waals surface area contributed by atoms with E-state index in [1.807, 2.05) is 12.4 Å². The van der Waals surface area contributed by atoms with Gasteiger partial charge < -0.3 is 19.1 Å². The Morgan fingerprint density at radius 2 is 2.07 bits per heavy atom. The van der Waals surface area contributed by atoms with Gasteiger partial charge in [-0.3, -0.25) is 4.79 Å². The SMILES string of the molecule is COc1ccc(F)cc1C(=O)N1CCC(c2nccn2CCN(C)C)CC1. The number of ether oxygens (including phenoxy) is 1. The van der Waals surface area contributed by atoms with Crippen molar-refractivity contribution >= 4 is 5.91 Å². The number of piperidine rings is 1. The van der Waals surface area contributed by atoms with Crippen LogP contribution in [0.3, 0.4) is 0 Å². The van der Waals surface area contributed by atoms with E-state index >= 15 is 0 Å². The van der Waals surface area contributed by atoms with Crippen molar-refractivity contribution in [2.24, 2.45) is 0 Å². The smallest absolute Gasteiger partial charge is 0.257 e. The van der Waals surface area contributed by atoms with Crippen molar-refractivity contribution in [2.75, 3.05) is 40.8 Å². The van der Waals surface area contributed by atoms with Gasteiger partial charge in [-0.1, -0.05) is 0 Å². The highest BCUT2D eigenvalue weighted by Crippen LogP contribution is 2.29. The molecule has 1 saturated heterocycles. The summed E-state index contributed by atoms with van der Waals surface area (Å²) in [7, 11) is 5.60. The minimum absolute atomic E-state index is 0.180. The van der Waals surface area contributed by atoms with Crippen LogP contribution in [0.2, 0.25) is 0 Å². The second-order valence-corrected chi connectivity index (χ2v) is 7.19. The summed E-state index contributed by atoms with van der Waals surface area (Å²) < 4.78 is 21.0. The molecule has 1 aliphatic rings. The van der Waals surface area contributed by atoms with Gasteiger partial charge in [0.15, 0.2) is 0 Å². The lowest BCUT2D eigenvalue weighted by atomic mass is 9.95. The van der Waals surface area contributed by atoms with E-state index in [2.05, 4.69) is 28.5 Å². The van der Waals surface area contributed by atoms with Crippen molar-refractivity contribution in [3.05, 3.63) is 47.8 Å². The summed E-state index contributed by atoms with van der Waals surface area (Å²) in [6, 6.07) is 4.05. The van der Waals surface area contributed by atoms with Gasteiger partial charge in [0.05, 0.1) is 12.7 Å². The Balaban J connectivity index is 1.65. The number of hydrogen-bond donors (Lipinski definition) is 0. The Morgan fingerprint density at radius 3 is 2.74 bits per heavy atom. The molecule has 1 fully saturated rings. The van der Waals surface area contributed by atoms with Gasteiger partial charge in [0, 0.05) is 44.5 Å². The third-order valence-electron chi connectivity index (χ3n) is 5.08. The van der Waals surface area contributed by atoms with E-state index in [0.717, 1.165) is 31.8 Å². The summed E-state index contributed by atoms with van der Waals surface area (Å²) in [5.41, 5.74) is 0.281. The van der Waals surface area contributed by atoms with E-state index in [1.165, 1.54) is 25.3 Å². The lowest BCUT2D eigenvalue weighted by Crippen LogP contribution is -2.38. The normalized spacial score (nSPS) is 15.4. The Kier molecular flexibility index (Phi) is 6.11. The van der Waals surface area contributed by atoms with Gasteiger partial charge in [0.25, 0.3) is 5.91 Å². The summed E-state index contributed by atoms with van der Waals surface area (Å²) in [5, 5.41) is 0. The van der Waals surface area contributed by atoms with E-state index in [0.29, 0.717) is 24.8 Å². The lowest BCUT2D eigenvalue weighted by molar-refractivity contribution is 0.0706. The molecular formula is C20H27FN4O2. The molecule has 3 rings (SSSR count). The van der Waals surface area contributed by atoms with Crippen LogP contribution in [0, 0.1) is 5.82 Å². The van der Waals surface area contributed by atoms with Crippen LogP contribution in [0.4, 0.5) is 4.39 Å². The van der Waals surface area contributed by atoms with Gasteiger partial charge in [0.1, 0.15) is 17.4 Å². The van der Waals surface area contributed by atoms with E-state index in [9.17, 15) is 9.18 Å². The Morgan fingerprint density at radius 1 is 1.33 bits per heavy atom. The number of amides is 1. The van der Waals surface area contributed by atoms with Crippen molar-refractivity contribution in [1.82, 2.24) is 19.4 Å². The molecule has 7 heteroatoms. The topological polar surface area (TPSA) is 50.6 Å². The van der Waals surface area contributed by atoms with Gasteiger partial charge in [0.2, 0.25) is 0 Å². The van der Waals surface area contributed by atoms with Crippen molar-refractivity contribution in [3.63, 3.8) is 0 Å². The molecule has 2 aromatic rings. The predicted molar refractivity (Wildman–Crippen MR) is 102 cm³/mol. The number of benzene rings is 1. The maximum Gasteiger partial charge on any atom is 0.257 e. The molecule has 27 heavy (non-hydrogen) atoms. The van der Waals surface area contributed by atoms with Gasteiger partial charge >= 0.3 is 0 Å². The number of likely N-dealkylation sites (N-methyl/N-ethyl adjacent to an activating group) is 1. The molecule has 0 radical (unpaired) electrons. The van der Waals surface area contributed by atoms with E-state index < -0.39 is 5.82 Å². The molecule has 6 nitrogen and oxygen atoms in total. The zero-order valence-electron chi connectivity index (χ0n) is 16.2. The molecular weight excluding hydrogens is 347 g/mol. The molecule has 1 aliphatic heterocycles. The molecule has 0 atom stereocenters. The summed E-state index contributed by atoms with van der Waals surface area (Å²) in [6.45, 7) is 3.12. The number of hydrogen-bond acceptors (Lipinski definition) is 4. The number of methoxy groups -OCH3 is 1. The fourth-order valence-corrected chi connectivity index (χ4v) is 3.54. The molecule has 1 amide bonds. The van der Waals surface area contributed by atoms with Crippen LogP contribution >= 0.6 is 0 Å². The van der Waals surface area contributed by atoms with Crippen molar-refractivity contribution in [3.8, 4) is 5.75 Å². The van der Waals surface area contributed by atoms with Gasteiger partial charge in [-0.05, 0) is 45.1 Å². The third kappa shape index (κ3) is 4.47. The zero-order chi connectivity index (χ0) is 19.4. The second-order valence-electron chi connectivity index (χ2n) is 7.19. The molecule has 1 aromatic heterocycles. The monoisotopic (exact) mass is 374 g/mol. The van der Waals surface area contributed by atoms with Gasteiger partial charge in [-0.25, -0.2) is 9.37 Å². The highest BCUT2D eigenvalue weighted by Gasteiger charge is 2.28. The molecule has 0 saturated carbocycles. The number of aromatic nitrogens is 2. The van der Waals surface area contributed by atoms with Crippen LogP contribution < -0.4 is 4.74 Å². The minimum Gasteiger partial charge on any atom is -0.496 e. The summed E-state index contributed by atoms with van der Waals surface area (Å²) in [4.78, 5) is 21.3.